The average molecular weight is 433 g/mol. The second-order valence-corrected chi connectivity index (χ2v) is 8.01. The maximum absolute atomic E-state index is 9.92. The Labute approximate surface area is 170 Å². The van der Waals surface area contributed by atoms with Gasteiger partial charge < -0.3 is 19.6 Å². The summed E-state index contributed by atoms with van der Waals surface area (Å²) in [6.07, 6.45) is 3.35. The van der Waals surface area contributed by atoms with E-state index in [0.717, 1.165) is 39.1 Å². The number of piperazine rings is 1. The molecule has 1 saturated heterocycles. The molecular weight excluding hydrogens is 404 g/mol. The lowest BCUT2D eigenvalue weighted by Crippen LogP contribution is -2.47. The van der Waals surface area contributed by atoms with Gasteiger partial charge in [-0.25, -0.2) is 0 Å². The average Bonchev–Trinajstić information content (AvgIpc) is 2.70. The van der Waals surface area contributed by atoms with Crippen molar-refractivity contribution in [1.29, 1.82) is 0 Å². The summed E-state index contributed by atoms with van der Waals surface area (Å²) in [7, 11) is 1.59. The van der Waals surface area contributed by atoms with Gasteiger partial charge in [0.25, 0.3) is 0 Å². The Morgan fingerprint density at radius 3 is 2.26 bits per heavy atom. The van der Waals surface area contributed by atoms with E-state index in [1.54, 1.807) is 7.11 Å². The molecule has 2 aromatic carbocycles. The lowest BCUT2D eigenvalue weighted by molar-refractivity contribution is 0.132. The molecule has 3 rings (SSSR count). The minimum atomic E-state index is 0.172. The number of aromatic hydroxyl groups is 1. The number of hydrogen-bond acceptors (Lipinski definition) is 4. The van der Waals surface area contributed by atoms with Gasteiger partial charge in [-0.1, -0.05) is 30.3 Å². The largest absolute Gasteiger partial charge is 0.503 e. The summed E-state index contributed by atoms with van der Waals surface area (Å²) in [5, 5.41) is 9.92. The fourth-order valence-corrected chi connectivity index (χ4v) is 4.09. The highest BCUT2D eigenvalue weighted by Crippen LogP contribution is 2.35. The molecule has 5 heteroatoms. The van der Waals surface area contributed by atoms with Gasteiger partial charge in [0, 0.05) is 32.7 Å². The quantitative estimate of drug-likeness (QED) is 0.684. The first-order chi connectivity index (χ1) is 13.2. The van der Waals surface area contributed by atoms with Crippen molar-refractivity contribution in [3.63, 3.8) is 0 Å². The van der Waals surface area contributed by atoms with Crippen molar-refractivity contribution in [1.82, 2.24) is 9.80 Å². The van der Waals surface area contributed by atoms with Gasteiger partial charge in [-0.05, 0) is 65.0 Å². The van der Waals surface area contributed by atoms with Crippen LogP contribution in [0, 0.1) is 0 Å². The van der Waals surface area contributed by atoms with Crippen LogP contribution in [-0.2, 0) is 12.8 Å². The summed E-state index contributed by atoms with van der Waals surface area (Å²) in [6, 6.07) is 14.7. The molecule has 1 heterocycles. The summed E-state index contributed by atoms with van der Waals surface area (Å²) in [6.45, 7) is 6.78. The number of benzene rings is 2. The van der Waals surface area contributed by atoms with Crippen LogP contribution in [0.2, 0.25) is 0 Å². The molecule has 0 aromatic heterocycles. The first kappa shape index (κ1) is 20.2. The third kappa shape index (κ3) is 5.96. The van der Waals surface area contributed by atoms with E-state index < -0.39 is 0 Å². The molecule has 2 aromatic rings. The van der Waals surface area contributed by atoms with E-state index in [-0.39, 0.29) is 5.75 Å². The highest BCUT2D eigenvalue weighted by atomic mass is 79.9. The van der Waals surface area contributed by atoms with Gasteiger partial charge in [0.05, 0.1) is 11.6 Å². The number of ether oxygens (including phenoxy) is 1. The van der Waals surface area contributed by atoms with Crippen LogP contribution in [0.25, 0.3) is 0 Å². The van der Waals surface area contributed by atoms with Crippen molar-refractivity contribution in [2.24, 2.45) is 0 Å². The highest BCUT2D eigenvalue weighted by Gasteiger charge is 2.17. The van der Waals surface area contributed by atoms with Crippen LogP contribution in [0.1, 0.15) is 17.5 Å². The van der Waals surface area contributed by atoms with Crippen molar-refractivity contribution in [2.45, 2.75) is 19.3 Å². The van der Waals surface area contributed by atoms with E-state index in [2.05, 4.69) is 56.1 Å². The molecule has 0 radical (unpaired) electrons. The van der Waals surface area contributed by atoms with Crippen molar-refractivity contribution in [3.05, 3.63) is 58.1 Å². The van der Waals surface area contributed by atoms with Crippen LogP contribution < -0.4 is 4.74 Å². The zero-order chi connectivity index (χ0) is 19.1. The first-order valence-corrected chi connectivity index (χ1v) is 10.5. The van der Waals surface area contributed by atoms with E-state index in [1.807, 2.05) is 12.1 Å². The SMILES string of the molecule is COc1cc(CCN2CCN(CCCc3ccccc3)CC2)cc(Br)c1O. The first-order valence-electron chi connectivity index (χ1n) is 9.69. The van der Waals surface area contributed by atoms with E-state index in [0.29, 0.717) is 10.2 Å². The van der Waals surface area contributed by atoms with Crippen molar-refractivity contribution < 1.29 is 9.84 Å². The number of halogens is 1. The lowest BCUT2D eigenvalue weighted by atomic mass is 10.1. The number of rotatable bonds is 8. The number of nitrogens with zero attached hydrogens (tertiary/aromatic N) is 2. The molecule has 0 aliphatic carbocycles. The molecule has 0 spiro atoms. The van der Waals surface area contributed by atoms with Crippen molar-refractivity contribution in [2.75, 3.05) is 46.4 Å². The molecule has 1 aliphatic heterocycles. The van der Waals surface area contributed by atoms with Crippen LogP contribution in [0.4, 0.5) is 0 Å². The smallest absolute Gasteiger partial charge is 0.172 e. The number of hydrogen-bond donors (Lipinski definition) is 1. The third-order valence-electron chi connectivity index (χ3n) is 5.27. The zero-order valence-electron chi connectivity index (χ0n) is 16.0. The van der Waals surface area contributed by atoms with Gasteiger partial charge >= 0.3 is 0 Å². The van der Waals surface area contributed by atoms with Gasteiger partial charge in [0.2, 0.25) is 0 Å². The molecule has 0 bridgehead atoms. The predicted molar refractivity (Wildman–Crippen MR) is 114 cm³/mol. The van der Waals surface area contributed by atoms with Gasteiger partial charge in [-0.3, -0.25) is 0 Å². The van der Waals surface area contributed by atoms with Crippen LogP contribution in [-0.4, -0.2) is 61.3 Å². The maximum atomic E-state index is 9.92. The Morgan fingerprint density at radius 2 is 1.59 bits per heavy atom. The van der Waals surface area contributed by atoms with Crippen LogP contribution in [0.3, 0.4) is 0 Å². The Morgan fingerprint density at radius 1 is 0.926 bits per heavy atom. The van der Waals surface area contributed by atoms with E-state index >= 15 is 0 Å². The molecule has 0 atom stereocenters. The molecule has 1 fully saturated rings. The van der Waals surface area contributed by atoms with E-state index in [4.69, 9.17) is 4.74 Å². The molecule has 0 amide bonds. The zero-order valence-corrected chi connectivity index (χ0v) is 17.6. The van der Waals surface area contributed by atoms with Crippen molar-refractivity contribution in [3.8, 4) is 11.5 Å². The fourth-order valence-electron chi connectivity index (χ4n) is 3.60. The lowest BCUT2D eigenvalue weighted by Gasteiger charge is -2.34. The van der Waals surface area contributed by atoms with Gasteiger partial charge in [0.1, 0.15) is 0 Å². The second kappa shape index (κ2) is 10.1. The molecule has 27 heavy (non-hydrogen) atoms. The fraction of sp³-hybridized carbons (Fsp3) is 0.455. The Balaban J connectivity index is 1.38. The van der Waals surface area contributed by atoms with Gasteiger partial charge in [0.15, 0.2) is 11.5 Å². The monoisotopic (exact) mass is 432 g/mol. The van der Waals surface area contributed by atoms with Crippen LogP contribution >= 0.6 is 15.9 Å². The summed E-state index contributed by atoms with van der Waals surface area (Å²) in [5.74, 6) is 0.702. The number of phenols is 1. The highest BCUT2D eigenvalue weighted by molar-refractivity contribution is 9.10. The Kier molecular flexibility index (Phi) is 7.56. The van der Waals surface area contributed by atoms with Crippen molar-refractivity contribution >= 4 is 15.9 Å². The summed E-state index contributed by atoms with van der Waals surface area (Å²) in [4.78, 5) is 5.11. The molecule has 4 nitrogen and oxygen atoms in total. The molecule has 146 valence electrons. The standard InChI is InChI=1S/C22H29BrN2O2/c1-27-21-17-19(16-20(23)22(21)26)9-11-25-14-12-24(13-15-25)10-5-8-18-6-3-2-4-7-18/h2-4,6-7,16-17,26H,5,8-15H2,1H3. The van der Waals surface area contributed by atoms with E-state index in [1.165, 1.54) is 30.5 Å². The molecule has 0 unspecified atom stereocenters. The van der Waals surface area contributed by atoms with Gasteiger partial charge in [-0.2, -0.15) is 0 Å². The van der Waals surface area contributed by atoms with Crippen LogP contribution in [0.15, 0.2) is 46.9 Å². The summed E-state index contributed by atoms with van der Waals surface area (Å²) in [5.41, 5.74) is 2.62. The normalized spacial score (nSPS) is 15.8. The summed E-state index contributed by atoms with van der Waals surface area (Å²) < 4.78 is 5.94. The minimum Gasteiger partial charge on any atom is -0.503 e. The number of phenolic OH excluding ortho intramolecular Hbond substituents is 1. The minimum absolute atomic E-state index is 0.172. The number of aryl methyl sites for hydroxylation is 1. The number of methoxy groups -OCH3 is 1. The molecular formula is C22H29BrN2O2. The Bertz CT molecular complexity index is 716. The predicted octanol–water partition coefficient (Wildman–Crippen LogP) is 3.96. The maximum Gasteiger partial charge on any atom is 0.172 e. The topological polar surface area (TPSA) is 35.9 Å². The third-order valence-corrected chi connectivity index (χ3v) is 5.88. The molecule has 0 saturated carbocycles. The molecule has 1 aliphatic rings. The second-order valence-electron chi connectivity index (χ2n) is 7.15. The molecule has 1 N–H and O–H groups in total. The Hall–Kier alpha value is -1.56. The van der Waals surface area contributed by atoms with Gasteiger partial charge in [-0.15, -0.1) is 0 Å². The van der Waals surface area contributed by atoms with Crippen LogP contribution in [0.5, 0.6) is 11.5 Å². The summed E-state index contributed by atoms with van der Waals surface area (Å²) >= 11 is 3.40. The van der Waals surface area contributed by atoms with E-state index in [9.17, 15) is 5.11 Å².